The monoisotopic (exact) mass is 368 g/mol. The summed E-state index contributed by atoms with van der Waals surface area (Å²) in [7, 11) is 0. The molecule has 0 saturated carbocycles. The zero-order valence-corrected chi connectivity index (χ0v) is 14.1. The van der Waals surface area contributed by atoms with Gasteiger partial charge in [0.2, 0.25) is 5.91 Å². The van der Waals surface area contributed by atoms with Crippen molar-refractivity contribution in [2.24, 2.45) is 5.92 Å². The van der Waals surface area contributed by atoms with Gasteiger partial charge in [-0.3, -0.25) is 9.89 Å². The number of hydrogen-bond acceptors (Lipinski definition) is 4. The first kappa shape index (κ1) is 14.7. The predicted molar refractivity (Wildman–Crippen MR) is 88.4 cm³/mol. The SMILES string of the molecule is C[C@H]1C[C@@H](C(=O)Nc2cc(-c3ccc(Br)s3)[nH]n2)CCN1. The lowest BCUT2D eigenvalue weighted by Gasteiger charge is -2.26. The molecule has 1 saturated heterocycles. The van der Waals surface area contributed by atoms with Crippen LogP contribution in [-0.4, -0.2) is 28.7 Å². The molecule has 3 N–H and O–H groups in total. The van der Waals surface area contributed by atoms with Gasteiger partial charge in [0.1, 0.15) is 0 Å². The third-order valence-electron chi connectivity index (χ3n) is 3.66. The Morgan fingerprint density at radius 2 is 2.38 bits per heavy atom. The van der Waals surface area contributed by atoms with Gasteiger partial charge in [0.05, 0.1) is 14.4 Å². The van der Waals surface area contributed by atoms with Gasteiger partial charge in [-0.2, -0.15) is 5.10 Å². The third-order valence-corrected chi connectivity index (χ3v) is 5.32. The Balaban J connectivity index is 1.65. The van der Waals surface area contributed by atoms with Gasteiger partial charge in [-0.25, -0.2) is 0 Å². The number of carbonyl (C=O) groups excluding carboxylic acids is 1. The number of hydrogen-bond donors (Lipinski definition) is 3. The Bertz CT molecular complexity index is 638. The van der Waals surface area contributed by atoms with Gasteiger partial charge in [-0.05, 0) is 54.4 Å². The molecule has 2 aromatic heterocycles. The molecule has 1 amide bonds. The van der Waals surface area contributed by atoms with Crippen molar-refractivity contribution in [3.05, 3.63) is 22.0 Å². The Morgan fingerprint density at radius 3 is 3.10 bits per heavy atom. The van der Waals surface area contributed by atoms with Crippen LogP contribution in [0.5, 0.6) is 0 Å². The molecule has 0 bridgehead atoms. The Morgan fingerprint density at radius 1 is 1.52 bits per heavy atom. The molecule has 21 heavy (non-hydrogen) atoms. The lowest BCUT2D eigenvalue weighted by atomic mass is 9.92. The Kier molecular flexibility index (Phi) is 4.42. The van der Waals surface area contributed by atoms with Crippen LogP contribution in [0.2, 0.25) is 0 Å². The van der Waals surface area contributed by atoms with Crippen molar-refractivity contribution >= 4 is 39.0 Å². The van der Waals surface area contributed by atoms with Crippen LogP contribution >= 0.6 is 27.3 Å². The first-order valence-corrected chi connectivity index (χ1v) is 8.58. The maximum atomic E-state index is 12.3. The van der Waals surface area contributed by atoms with Crippen molar-refractivity contribution in [3.63, 3.8) is 0 Å². The molecule has 0 aliphatic carbocycles. The van der Waals surface area contributed by atoms with Crippen molar-refractivity contribution in [2.75, 3.05) is 11.9 Å². The number of carbonyl (C=O) groups is 1. The molecule has 7 heteroatoms. The van der Waals surface area contributed by atoms with E-state index in [-0.39, 0.29) is 11.8 Å². The number of H-pyrrole nitrogens is 1. The molecule has 0 spiro atoms. The van der Waals surface area contributed by atoms with Crippen LogP contribution in [0.25, 0.3) is 10.6 Å². The first-order valence-electron chi connectivity index (χ1n) is 6.97. The topological polar surface area (TPSA) is 69.8 Å². The molecule has 1 aliphatic heterocycles. The fourth-order valence-corrected chi connectivity index (χ4v) is 3.92. The third kappa shape index (κ3) is 3.53. The summed E-state index contributed by atoms with van der Waals surface area (Å²) in [6.07, 6.45) is 1.76. The number of nitrogens with zero attached hydrogens (tertiary/aromatic N) is 1. The second-order valence-electron chi connectivity index (χ2n) is 5.34. The number of halogens is 1. The molecule has 2 atom stereocenters. The number of amides is 1. The molecule has 3 rings (SSSR count). The lowest BCUT2D eigenvalue weighted by Crippen LogP contribution is -2.40. The van der Waals surface area contributed by atoms with Gasteiger partial charge in [-0.1, -0.05) is 0 Å². The fourth-order valence-electron chi connectivity index (χ4n) is 2.57. The van der Waals surface area contributed by atoms with Crippen LogP contribution in [-0.2, 0) is 4.79 Å². The zero-order chi connectivity index (χ0) is 14.8. The fraction of sp³-hybridized carbons (Fsp3) is 0.429. The van der Waals surface area contributed by atoms with Crippen LogP contribution in [0.4, 0.5) is 5.82 Å². The second kappa shape index (κ2) is 6.29. The van der Waals surface area contributed by atoms with Crippen molar-refractivity contribution in [3.8, 4) is 10.6 Å². The van der Waals surface area contributed by atoms with Gasteiger partial charge >= 0.3 is 0 Å². The van der Waals surface area contributed by atoms with E-state index in [1.807, 2.05) is 18.2 Å². The van der Waals surface area contributed by atoms with Crippen LogP contribution < -0.4 is 10.6 Å². The summed E-state index contributed by atoms with van der Waals surface area (Å²) < 4.78 is 1.07. The minimum absolute atomic E-state index is 0.0637. The quantitative estimate of drug-likeness (QED) is 0.778. The number of rotatable bonds is 3. The number of thiophene rings is 1. The largest absolute Gasteiger partial charge is 0.314 e. The zero-order valence-electron chi connectivity index (χ0n) is 11.6. The van der Waals surface area contributed by atoms with E-state index >= 15 is 0 Å². The van der Waals surface area contributed by atoms with E-state index in [0.29, 0.717) is 11.9 Å². The van der Waals surface area contributed by atoms with Gasteiger partial charge in [0, 0.05) is 18.0 Å². The highest BCUT2D eigenvalue weighted by molar-refractivity contribution is 9.11. The summed E-state index contributed by atoms with van der Waals surface area (Å²) in [6.45, 7) is 3.01. The minimum atomic E-state index is 0.0637. The van der Waals surface area contributed by atoms with E-state index in [0.717, 1.165) is 33.7 Å². The Hall–Kier alpha value is -1.18. The highest BCUT2D eigenvalue weighted by atomic mass is 79.9. The highest BCUT2D eigenvalue weighted by Gasteiger charge is 2.25. The van der Waals surface area contributed by atoms with Crippen LogP contribution in [0, 0.1) is 5.92 Å². The Labute approximate surface area is 135 Å². The van der Waals surface area contributed by atoms with Gasteiger partial charge < -0.3 is 10.6 Å². The van der Waals surface area contributed by atoms with Crippen LogP contribution in [0.3, 0.4) is 0 Å². The molecule has 3 heterocycles. The number of piperidine rings is 1. The van der Waals surface area contributed by atoms with Crippen molar-refractivity contribution in [1.29, 1.82) is 0 Å². The standard InChI is InChI=1S/C14H17BrN4OS/c1-8-6-9(4-5-16-8)14(20)17-13-7-10(18-19-13)11-2-3-12(15)21-11/h2-3,7-9,16H,4-6H2,1H3,(H2,17,18,19,20)/t8-,9-/m0/s1. The van der Waals surface area contributed by atoms with Crippen molar-refractivity contribution in [2.45, 2.75) is 25.8 Å². The molecule has 1 fully saturated rings. The number of nitrogens with one attached hydrogen (secondary N) is 3. The maximum Gasteiger partial charge on any atom is 0.228 e. The summed E-state index contributed by atoms with van der Waals surface area (Å²) >= 11 is 5.07. The number of anilines is 1. The van der Waals surface area contributed by atoms with E-state index < -0.39 is 0 Å². The highest BCUT2D eigenvalue weighted by Crippen LogP contribution is 2.31. The van der Waals surface area contributed by atoms with E-state index in [9.17, 15) is 4.79 Å². The number of aromatic nitrogens is 2. The average Bonchev–Trinajstić information content (AvgIpc) is 3.07. The summed E-state index contributed by atoms with van der Waals surface area (Å²) in [6, 6.07) is 6.28. The second-order valence-corrected chi connectivity index (χ2v) is 7.80. The van der Waals surface area contributed by atoms with Gasteiger partial charge in [0.25, 0.3) is 0 Å². The van der Waals surface area contributed by atoms with Crippen molar-refractivity contribution < 1.29 is 4.79 Å². The molecule has 2 aromatic rings. The molecule has 5 nitrogen and oxygen atoms in total. The van der Waals surface area contributed by atoms with Crippen molar-refractivity contribution in [1.82, 2.24) is 15.5 Å². The van der Waals surface area contributed by atoms with E-state index in [1.165, 1.54) is 0 Å². The van der Waals surface area contributed by atoms with Gasteiger partial charge in [0.15, 0.2) is 5.82 Å². The first-order chi connectivity index (χ1) is 10.1. The van der Waals surface area contributed by atoms with E-state index in [2.05, 4.69) is 43.7 Å². The van der Waals surface area contributed by atoms with E-state index in [1.54, 1.807) is 11.3 Å². The molecule has 0 unspecified atom stereocenters. The maximum absolute atomic E-state index is 12.3. The molecular formula is C14H17BrN4OS. The molecular weight excluding hydrogens is 352 g/mol. The molecule has 1 aliphatic rings. The smallest absolute Gasteiger partial charge is 0.228 e. The summed E-state index contributed by atoms with van der Waals surface area (Å²) in [5.41, 5.74) is 0.916. The summed E-state index contributed by atoms with van der Waals surface area (Å²) in [4.78, 5) is 13.4. The number of aromatic amines is 1. The molecule has 112 valence electrons. The molecule has 0 radical (unpaired) electrons. The van der Waals surface area contributed by atoms with Crippen LogP contribution in [0.15, 0.2) is 22.0 Å². The summed E-state index contributed by atoms with van der Waals surface area (Å²) in [5, 5.41) is 13.4. The van der Waals surface area contributed by atoms with Gasteiger partial charge in [-0.15, -0.1) is 11.3 Å². The lowest BCUT2D eigenvalue weighted by molar-refractivity contribution is -0.120. The van der Waals surface area contributed by atoms with E-state index in [4.69, 9.17) is 0 Å². The summed E-state index contributed by atoms with van der Waals surface area (Å²) in [5.74, 6) is 0.719. The average molecular weight is 369 g/mol. The van der Waals surface area contributed by atoms with Crippen LogP contribution in [0.1, 0.15) is 19.8 Å². The molecule has 0 aromatic carbocycles. The predicted octanol–water partition coefficient (Wildman–Crippen LogP) is 3.23. The normalized spacial score (nSPS) is 22.2. The minimum Gasteiger partial charge on any atom is -0.314 e.